The monoisotopic (exact) mass is 694 g/mol. The minimum Gasteiger partial charge on any atom is -0.387 e. The first-order valence-electron chi connectivity index (χ1n) is 19.2. The van der Waals surface area contributed by atoms with E-state index in [4.69, 9.17) is 9.79 Å². The van der Waals surface area contributed by atoms with Crippen LogP contribution in [0.2, 0.25) is 0 Å². The van der Waals surface area contributed by atoms with Crippen molar-refractivity contribution >= 4 is 13.7 Å². The molecule has 0 spiro atoms. The van der Waals surface area contributed by atoms with Crippen molar-refractivity contribution in [3.05, 3.63) is 60.8 Å². The van der Waals surface area contributed by atoms with E-state index in [2.05, 4.69) is 72.3 Å². The molecule has 0 rings (SSSR count). The first-order chi connectivity index (χ1) is 23.3. The fourth-order valence-electron chi connectivity index (χ4n) is 5.27. The van der Waals surface area contributed by atoms with E-state index in [0.717, 1.165) is 44.9 Å². The zero-order valence-electron chi connectivity index (χ0n) is 30.6. The van der Waals surface area contributed by atoms with E-state index in [1.807, 2.05) is 6.08 Å². The number of phosphoric ester groups is 1. The molecule has 0 saturated heterocycles. The van der Waals surface area contributed by atoms with Gasteiger partial charge in [-0.2, -0.15) is 0 Å². The summed E-state index contributed by atoms with van der Waals surface area (Å²) in [5.41, 5.74) is 0. The molecule has 0 bridgehead atoms. The van der Waals surface area contributed by atoms with Gasteiger partial charge in [0, 0.05) is 6.42 Å². The Morgan fingerprint density at radius 1 is 0.604 bits per heavy atom. The van der Waals surface area contributed by atoms with Crippen LogP contribution in [-0.2, 0) is 13.9 Å². The Labute approximate surface area is 294 Å². The van der Waals surface area contributed by atoms with Crippen LogP contribution < -0.4 is 5.32 Å². The Balaban J connectivity index is 4.13. The summed E-state index contributed by atoms with van der Waals surface area (Å²) in [4.78, 5) is 30.7. The molecule has 0 unspecified atom stereocenters. The molecule has 0 aliphatic rings. The lowest BCUT2D eigenvalue weighted by atomic mass is 10.1. The number of amides is 1. The molecule has 1 amide bonds. The van der Waals surface area contributed by atoms with Gasteiger partial charge in [0.2, 0.25) is 5.91 Å². The number of rotatable bonds is 34. The number of hydrogen-bond donors (Lipinski definition) is 4. The van der Waals surface area contributed by atoms with Gasteiger partial charge in [0.05, 0.1) is 18.8 Å². The van der Waals surface area contributed by atoms with Crippen LogP contribution in [0.15, 0.2) is 60.8 Å². The maximum atomic E-state index is 12.5. The van der Waals surface area contributed by atoms with Crippen molar-refractivity contribution in [3.8, 4) is 0 Å². The van der Waals surface area contributed by atoms with Gasteiger partial charge in [-0.15, -0.1) is 0 Å². The molecule has 0 aromatic heterocycles. The van der Waals surface area contributed by atoms with Crippen LogP contribution in [0.3, 0.4) is 0 Å². The third kappa shape index (κ3) is 35.5. The average Bonchev–Trinajstić information content (AvgIpc) is 3.05. The maximum Gasteiger partial charge on any atom is 0.469 e. The Kier molecular flexibility index (Phi) is 33.8. The van der Waals surface area contributed by atoms with Gasteiger partial charge in [-0.3, -0.25) is 9.32 Å². The van der Waals surface area contributed by atoms with E-state index in [1.54, 1.807) is 6.08 Å². The van der Waals surface area contributed by atoms with Gasteiger partial charge < -0.3 is 20.2 Å². The zero-order valence-corrected chi connectivity index (χ0v) is 31.5. The van der Waals surface area contributed by atoms with Crippen LogP contribution >= 0.6 is 7.82 Å². The molecule has 8 heteroatoms. The molecule has 0 radical (unpaired) electrons. The molecule has 0 aromatic carbocycles. The number of carbonyl (C=O) groups excluding carboxylic acids is 1. The van der Waals surface area contributed by atoms with Crippen molar-refractivity contribution < 1.29 is 28.8 Å². The van der Waals surface area contributed by atoms with Crippen LogP contribution in [0.5, 0.6) is 0 Å². The van der Waals surface area contributed by atoms with Gasteiger partial charge in [-0.05, 0) is 57.8 Å². The summed E-state index contributed by atoms with van der Waals surface area (Å²) >= 11 is 0. The lowest BCUT2D eigenvalue weighted by Crippen LogP contribution is -2.45. The van der Waals surface area contributed by atoms with E-state index < -0.39 is 26.6 Å². The molecule has 2 atom stereocenters. The summed E-state index contributed by atoms with van der Waals surface area (Å²) in [6.45, 7) is 4.01. The van der Waals surface area contributed by atoms with Gasteiger partial charge in [-0.25, -0.2) is 4.57 Å². The quantitative estimate of drug-likeness (QED) is 0.0303. The summed E-state index contributed by atoms with van der Waals surface area (Å²) in [5.74, 6) is -0.284. The lowest BCUT2D eigenvalue weighted by Gasteiger charge is -2.22. The van der Waals surface area contributed by atoms with Crippen LogP contribution in [-0.4, -0.2) is 39.6 Å². The smallest absolute Gasteiger partial charge is 0.387 e. The minimum atomic E-state index is -4.73. The summed E-state index contributed by atoms with van der Waals surface area (Å²) in [7, 11) is -4.73. The third-order valence-corrected chi connectivity index (χ3v) is 8.71. The van der Waals surface area contributed by atoms with E-state index in [9.17, 15) is 14.5 Å². The zero-order chi connectivity index (χ0) is 35.4. The number of aliphatic hydroxyl groups is 1. The number of hydrogen-bond acceptors (Lipinski definition) is 4. The van der Waals surface area contributed by atoms with Crippen LogP contribution in [0.25, 0.3) is 0 Å². The SMILES string of the molecule is CCCCCCCCC/C=C\C/C=C\C/C=C\C/C=C\CCCC(=O)N[C@@H](COP(=O)(O)O)[C@H](O)/C=C/CCCCCCCCCCC. The van der Waals surface area contributed by atoms with Gasteiger partial charge >= 0.3 is 7.82 Å². The van der Waals surface area contributed by atoms with Crippen molar-refractivity contribution in [2.45, 2.75) is 180 Å². The second-order valence-electron chi connectivity index (χ2n) is 12.9. The van der Waals surface area contributed by atoms with Crippen molar-refractivity contribution in [2.24, 2.45) is 0 Å². The first-order valence-corrected chi connectivity index (χ1v) is 20.8. The molecule has 0 aromatic rings. The molecule has 0 fully saturated rings. The second kappa shape index (κ2) is 35.1. The predicted molar refractivity (Wildman–Crippen MR) is 204 cm³/mol. The minimum absolute atomic E-state index is 0.250. The van der Waals surface area contributed by atoms with Gasteiger partial charge in [0.15, 0.2) is 0 Å². The largest absolute Gasteiger partial charge is 0.469 e. The van der Waals surface area contributed by atoms with Crippen molar-refractivity contribution in [1.29, 1.82) is 0 Å². The summed E-state index contributed by atoms with van der Waals surface area (Å²) in [6.07, 6.45) is 46.8. The molecule has 0 aliphatic carbocycles. The highest BCUT2D eigenvalue weighted by Gasteiger charge is 2.24. The Morgan fingerprint density at radius 3 is 1.46 bits per heavy atom. The molecular formula is C40H72NO6P. The lowest BCUT2D eigenvalue weighted by molar-refractivity contribution is -0.122. The number of aliphatic hydroxyl groups excluding tert-OH is 1. The van der Waals surface area contributed by atoms with Crippen LogP contribution in [0, 0.1) is 0 Å². The highest BCUT2D eigenvalue weighted by Crippen LogP contribution is 2.35. The topological polar surface area (TPSA) is 116 Å². The molecule has 0 saturated carbocycles. The van der Waals surface area contributed by atoms with E-state index in [-0.39, 0.29) is 12.3 Å². The highest BCUT2D eigenvalue weighted by atomic mass is 31.2. The Bertz CT molecular complexity index is 923. The molecular weight excluding hydrogens is 621 g/mol. The van der Waals surface area contributed by atoms with Gasteiger partial charge in [0.25, 0.3) is 0 Å². The summed E-state index contributed by atoms with van der Waals surface area (Å²) < 4.78 is 15.8. The average molecular weight is 694 g/mol. The highest BCUT2D eigenvalue weighted by molar-refractivity contribution is 7.46. The normalized spacial score (nSPS) is 14.0. The van der Waals surface area contributed by atoms with Crippen molar-refractivity contribution in [1.82, 2.24) is 5.32 Å². The number of phosphoric acid groups is 1. The fourth-order valence-corrected chi connectivity index (χ4v) is 5.63. The Morgan fingerprint density at radius 2 is 1.00 bits per heavy atom. The van der Waals surface area contributed by atoms with Crippen molar-refractivity contribution in [3.63, 3.8) is 0 Å². The molecule has 0 aliphatic heterocycles. The number of nitrogens with one attached hydrogen (secondary N) is 1. The second-order valence-corrected chi connectivity index (χ2v) is 14.1. The Hall–Kier alpha value is -1.76. The maximum absolute atomic E-state index is 12.5. The van der Waals surface area contributed by atoms with Crippen LogP contribution in [0.4, 0.5) is 0 Å². The summed E-state index contributed by atoms with van der Waals surface area (Å²) in [5, 5.41) is 13.3. The van der Waals surface area contributed by atoms with E-state index >= 15 is 0 Å². The fraction of sp³-hybridized carbons (Fsp3) is 0.725. The number of unbranched alkanes of at least 4 members (excludes halogenated alkanes) is 17. The number of carbonyl (C=O) groups is 1. The van der Waals surface area contributed by atoms with Crippen LogP contribution in [0.1, 0.15) is 168 Å². The number of allylic oxidation sites excluding steroid dienone is 9. The molecule has 7 nitrogen and oxygen atoms in total. The van der Waals surface area contributed by atoms with Gasteiger partial charge in [0.1, 0.15) is 0 Å². The first kappa shape index (κ1) is 46.2. The van der Waals surface area contributed by atoms with E-state index in [1.165, 1.54) is 96.3 Å². The van der Waals surface area contributed by atoms with Crippen molar-refractivity contribution in [2.75, 3.05) is 6.61 Å². The van der Waals surface area contributed by atoms with E-state index in [0.29, 0.717) is 6.42 Å². The molecule has 278 valence electrons. The third-order valence-electron chi connectivity index (χ3n) is 8.22. The molecule has 48 heavy (non-hydrogen) atoms. The summed E-state index contributed by atoms with van der Waals surface area (Å²) in [6, 6.07) is -0.940. The molecule has 4 N–H and O–H groups in total. The predicted octanol–water partition coefficient (Wildman–Crippen LogP) is 11.1. The standard InChI is InChI=1S/C40H72NO6P/c1-3-5-7-9-11-13-15-16-17-18-19-20-21-22-23-24-26-28-30-32-34-36-40(43)41-38(37-47-48(44,45)46)39(42)35-33-31-29-27-25-14-12-10-8-6-4-2/h17-18,20-21,23-24,28,30,33,35,38-39,42H,3-16,19,22,25-27,29,31-32,34,36-37H2,1-2H3,(H,41,43)(H2,44,45,46)/b18-17-,21-20-,24-23-,30-28-,35-33+/t38-,39+/m0/s1. The van der Waals surface area contributed by atoms with Gasteiger partial charge in [-0.1, -0.05) is 164 Å². The molecule has 0 heterocycles.